The average molecular weight is 1270 g/mol. The molecule has 10 aromatic rings. The predicted molar refractivity (Wildman–Crippen MR) is 291 cm³/mol. The largest absolute Gasteiger partial charge is 1.00 e. The number of fused-ring (bicyclic) bond motifs is 5. The molecule has 5 aromatic carbocycles. The maximum absolute atomic E-state index is 11.1. The van der Waals surface area contributed by atoms with Gasteiger partial charge in [0.25, 0.3) is 10.1 Å². The van der Waals surface area contributed by atoms with Gasteiger partial charge in [0.05, 0.1) is 35.5 Å². The van der Waals surface area contributed by atoms with E-state index in [2.05, 4.69) is 64.0 Å². The number of halogens is 4. The maximum Gasteiger partial charge on any atom is 1.00 e. The summed E-state index contributed by atoms with van der Waals surface area (Å²) >= 11 is 18.7. The van der Waals surface area contributed by atoms with E-state index in [9.17, 15) is 49.1 Å². The number of carboxylic acid groups (broad SMARTS) is 1. The van der Waals surface area contributed by atoms with Gasteiger partial charge in [0.1, 0.15) is 55.7 Å². The van der Waals surface area contributed by atoms with Gasteiger partial charge >= 0.3 is 46.4 Å². The molecule has 0 radical (unpaired) electrons. The van der Waals surface area contributed by atoms with Gasteiger partial charge in [-0.25, -0.2) is 32.7 Å². The van der Waals surface area contributed by atoms with Gasteiger partial charge in [-0.2, -0.15) is 12.2 Å². The second-order valence-electron chi connectivity index (χ2n) is 14.2. The van der Waals surface area contributed by atoms with Crippen LogP contribution in [0.4, 0.5) is 0 Å². The third-order valence-corrected chi connectivity index (χ3v) is 11.5. The van der Waals surface area contributed by atoms with Crippen LogP contribution >= 0.6 is 50.8 Å². The summed E-state index contributed by atoms with van der Waals surface area (Å²) in [5.41, 5.74) is 3.33. The number of nitrogens with zero attached hydrogens (tertiary/aromatic N) is 4. The second-order valence-corrected chi connectivity index (χ2v) is 25.8. The van der Waals surface area contributed by atoms with Gasteiger partial charge < -0.3 is 48.6 Å². The summed E-state index contributed by atoms with van der Waals surface area (Å²) in [6.45, 7) is 0. The Balaban J connectivity index is 0.000000924. The van der Waals surface area contributed by atoms with Crippen LogP contribution in [0.5, 0.6) is 5.75 Å². The van der Waals surface area contributed by atoms with E-state index in [1.54, 1.807) is 109 Å². The van der Waals surface area contributed by atoms with Crippen LogP contribution < -0.4 is 52.4 Å². The zero-order chi connectivity index (χ0) is 55.6. The molecule has 0 aliphatic rings. The molecule has 0 bridgehead atoms. The van der Waals surface area contributed by atoms with E-state index in [1.807, 2.05) is 12.1 Å². The van der Waals surface area contributed by atoms with Crippen molar-refractivity contribution in [1.82, 2.24) is 26.8 Å². The Morgan fingerprint density at radius 2 is 0.899 bits per heavy atom. The van der Waals surface area contributed by atoms with Crippen molar-refractivity contribution in [2.75, 3.05) is 0 Å². The predicted octanol–water partition coefficient (Wildman–Crippen LogP) is 6.85. The maximum atomic E-state index is 11.1. The first-order valence-corrected chi connectivity index (χ1v) is 29.6. The third-order valence-electron chi connectivity index (χ3n) is 8.82. The number of rotatable bonds is 9. The molecule has 0 saturated heterocycles. The quantitative estimate of drug-likeness (QED) is 0.0283. The number of primary sulfonamides is 1. The molecule has 79 heavy (non-hydrogen) atoms. The Labute approximate surface area is 491 Å². The molecule has 0 saturated carbocycles. The normalized spacial score (nSPS) is 10.7. The zero-order valence-corrected chi connectivity index (χ0v) is 47.5. The molecule has 26 nitrogen and oxygen atoms in total. The minimum Gasteiger partial charge on any atom is -0.748 e. The Bertz CT molecular complexity index is 3860. The van der Waals surface area contributed by atoms with Gasteiger partial charge in [0.15, 0.2) is 22.3 Å². The molecular weight excluding hydrogens is 1220 g/mol. The SMILES string of the molecule is C.C.N.NO.NS(=O)(=O)Cc1noc2ccccc12.O=C(O)Cc1noc2ccccc12.O=P(Cl)(Cl)Cl.O=S(=O)(Cc1noc2ccccc12)OCl.O=S(=O)([O-])Cc1noc2ccccc12.O=c1cc(O)c2ccccc2o1.[Na+]. The van der Waals surface area contributed by atoms with Crippen LogP contribution in [0.3, 0.4) is 0 Å². The van der Waals surface area contributed by atoms with Crippen LogP contribution in [0.2, 0.25) is 0 Å². The fourth-order valence-corrected chi connectivity index (χ4v) is 7.83. The van der Waals surface area contributed by atoms with Crippen molar-refractivity contribution in [2.24, 2.45) is 11.0 Å². The number of aliphatic carboxylic acids is 1. The summed E-state index contributed by atoms with van der Waals surface area (Å²) < 4.78 is 113. The van der Waals surface area contributed by atoms with Crippen molar-refractivity contribution in [3.63, 3.8) is 0 Å². The van der Waals surface area contributed by atoms with Gasteiger partial charge in [-0.1, -0.05) is 96.1 Å². The van der Waals surface area contributed by atoms with Crippen molar-refractivity contribution in [1.29, 1.82) is 0 Å². The molecule has 10 rings (SSSR count). The smallest absolute Gasteiger partial charge is 0.748 e. The van der Waals surface area contributed by atoms with Crippen molar-refractivity contribution in [2.45, 2.75) is 38.5 Å². The Morgan fingerprint density at radius 3 is 1.24 bits per heavy atom. The molecule has 35 heteroatoms. The summed E-state index contributed by atoms with van der Waals surface area (Å²) in [6, 6.07) is 35.8. The topological polar surface area (TPSA) is 451 Å². The third kappa shape index (κ3) is 25.2. The molecular formula is C44H47Cl4N7NaO19PS3. The van der Waals surface area contributed by atoms with Crippen LogP contribution in [0.1, 0.15) is 37.6 Å². The molecule has 0 fully saturated rings. The number of nitrogens with two attached hydrogens (primary N) is 2. The van der Waals surface area contributed by atoms with Crippen LogP contribution in [0, 0.1) is 0 Å². The van der Waals surface area contributed by atoms with Crippen molar-refractivity contribution in [3.05, 3.63) is 161 Å². The molecule has 5 heterocycles. The molecule has 0 aliphatic carbocycles. The van der Waals surface area contributed by atoms with E-state index in [-0.39, 0.29) is 79.9 Å². The number of para-hydroxylation sites is 5. The van der Waals surface area contributed by atoms with Crippen LogP contribution in [0.25, 0.3) is 54.8 Å². The average Bonchev–Trinajstić information content (AvgIpc) is 4.15. The monoisotopic (exact) mass is 1270 g/mol. The number of aromatic hydroxyl groups is 1. The van der Waals surface area contributed by atoms with E-state index >= 15 is 0 Å². The van der Waals surface area contributed by atoms with E-state index in [0.717, 1.165) is 11.5 Å². The number of carboxylic acids is 1. The molecule has 10 N–H and O–H groups in total. The van der Waals surface area contributed by atoms with Crippen LogP contribution in [-0.4, -0.2) is 71.8 Å². The number of aromatic nitrogens is 4. The standard InChI is InChI=1S/C9H7NO3.C9H6O3.C8H6ClNO4S.C8H8N2O3S.C8H7NO4S.2CH4.Cl3OP.H3NO.H3N.Na/c11-9(12)5-7-6-3-1-2-4-8(6)13-10-7;10-7-5-9(11)12-8-4-2-1-3-6(7)8;9-14-15(11,12)5-7-6-3-1-2-4-8(6)13-10-7;9-14(11,12)5-7-6-3-1-2-4-8(6)13-10-7;10-14(11,12)5-7-6-3-1-2-4-8(6)13-9-7;;;1-5(2,3)4;1-2;;/h1-4H,5H2,(H,11,12);1-5,10H;1-4H,5H2;1-4H,5H2,(H2,9,11,12);1-4H,5H2,(H,10,11,12);2*1H4;;2H,1H2;1H3;/q;;;;;;;;;;+1/p-1. The Hall–Kier alpha value is -5.54. The molecule has 0 aliphatic heterocycles. The van der Waals surface area contributed by atoms with Gasteiger partial charge in [0, 0.05) is 21.5 Å². The Morgan fingerprint density at radius 1 is 0.595 bits per heavy atom. The van der Waals surface area contributed by atoms with Crippen molar-refractivity contribution >= 4 is 142 Å². The van der Waals surface area contributed by atoms with E-state index < -0.39 is 58.6 Å². The van der Waals surface area contributed by atoms with Crippen LogP contribution in [0.15, 0.2) is 155 Å². The minimum atomic E-state index is -4.31. The first-order chi connectivity index (χ1) is 35.3. The van der Waals surface area contributed by atoms with Gasteiger partial charge in [-0.15, -0.1) is 0 Å². The summed E-state index contributed by atoms with van der Waals surface area (Å²) in [7, 11) is -11.7. The molecule has 0 unspecified atom stereocenters. The fourth-order valence-electron chi connectivity index (χ4n) is 5.98. The van der Waals surface area contributed by atoms with E-state index in [4.69, 9.17) is 49.8 Å². The number of hydrogen-bond donors (Lipinski definition) is 6. The minimum absolute atomic E-state index is 0. The molecule has 0 amide bonds. The number of carbonyl (C=O) groups is 1. The van der Waals surface area contributed by atoms with E-state index in [1.165, 1.54) is 0 Å². The number of hydrogen-bond acceptors (Lipinski definition) is 24. The zero-order valence-electron chi connectivity index (χ0n) is 39.2. The first-order valence-electron chi connectivity index (χ1n) is 20.0. The second kappa shape index (κ2) is 33.9. The molecule has 0 atom stereocenters. The Kier molecular flexibility index (Phi) is 31.5. The molecule has 5 aromatic heterocycles. The molecule has 424 valence electrons. The summed E-state index contributed by atoms with van der Waals surface area (Å²) in [6.07, 6.45) is -0.100. The van der Waals surface area contributed by atoms with E-state index in [0.29, 0.717) is 60.8 Å². The fraction of sp³-hybridized carbons (Fsp3) is 0.136. The van der Waals surface area contributed by atoms with Crippen molar-refractivity contribution in [3.8, 4) is 5.75 Å². The first kappa shape index (κ1) is 73.5. The summed E-state index contributed by atoms with van der Waals surface area (Å²) in [5.74, 6) is 1.21. The van der Waals surface area contributed by atoms with Gasteiger partial charge in [0.2, 0.25) is 10.0 Å². The summed E-state index contributed by atoms with van der Waals surface area (Å²) in [5, 5.41) is 43.7. The summed E-state index contributed by atoms with van der Waals surface area (Å²) in [4.78, 5) is 21.2. The van der Waals surface area contributed by atoms with Gasteiger partial charge in [-0.05, 0) is 94.4 Å². The number of sulfonamides is 1. The number of benzene rings is 5. The van der Waals surface area contributed by atoms with Gasteiger partial charge in [-0.3, -0.25) is 9.36 Å². The van der Waals surface area contributed by atoms with Crippen LogP contribution in [-0.2, 0) is 67.0 Å². The molecule has 0 spiro atoms. The van der Waals surface area contributed by atoms with Crippen molar-refractivity contribution < 1.29 is 110 Å².